The minimum Gasteiger partial charge on any atom is -0.346 e. The number of hydrogen-bond donors (Lipinski definition) is 1. The smallest absolute Gasteiger partial charge is 0.273 e. The van der Waals surface area contributed by atoms with Crippen LogP contribution < -0.4 is 5.32 Å². The molecule has 0 saturated heterocycles. The van der Waals surface area contributed by atoms with Gasteiger partial charge in [-0.25, -0.2) is 4.98 Å². The number of hydrogen-bond acceptors (Lipinski definition) is 5. The zero-order chi connectivity index (χ0) is 16.4. The zero-order valence-corrected chi connectivity index (χ0v) is 13.1. The molecule has 6 nitrogen and oxygen atoms in total. The van der Waals surface area contributed by atoms with E-state index in [0.29, 0.717) is 17.7 Å². The van der Waals surface area contributed by atoms with Crippen LogP contribution in [-0.2, 0) is 6.54 Å². The van der Waals surface area contributed by atoms with Crippen molar-refractivity contribution in [2.24, 2.45) is 0 Å². The molecule has 23 heavy (non-hydrogen) atoms. The van der Waals surface area contributed by atoms with Crippen LogP contribution in [0.5, 0.6) is 0 Å². The number of nitrogens with one attached hydrogen (secondary N) is 1. The monoisotopic (exact) mass is 327 g/mol. The summed E-state index contributed by atoms with van der Waals surface area (Å²) in [6, 6.07) is 12.2. The maximum absolute atomic E-state index is 12.3. The molecule has 3 aromatic rings. The fourth-order valence-electron chi connectivity index (χ4n) is 2.31. The van der Waals surface area contributed by atoms with Crippen molar-refractivity contribution in [1.29, 1.82) is 0 Å². The molecular formula is C16H13N3O3S. The van der Waals surface area contributed by atoms with Crippen molar-refractivity contribution >= 4 is 33.1 Å². The van der Waals surface area contributed by atoms with Gasteiger partial charge in [-0.05, 0) is 25.1 Å². The van der Waals surface area contributed by atoms with Gasteiger partial charge < -0.3 is 5.32 Å². The van der Waals surface area contributed by atoms with Crippen molar-refractivity contribution in [2.75, 3.05) is 0 Å². The number of amides is 1. The van der Waals surface area contributed by atoms with Crippen LogP contribution in [0.1, 0.15) is 20.9 Å². The minimum atomic E-state index is -0.486. The first kappa shape index (κ1) is 15.1. The lowest BCUT2D eigenvalue weighted by atomic mass is 10.1. The first-order chi connectivity index (χ1) is 11.1. The molecule has 0 spiro atoms. The molecule has 1 N–H and O–H groups in total. The molecule has 1 aromatic heterocycles. The summed E-state index contributed by atoms with van der Waals surface area (Å²) >= 11 is 1.51. The Bertz CT molecular complexity index is 871. The molecule has 0 bridgehead atoms. The van der Waals surface area contributed by atoms with Crippen LogP contribution in [0.15, 0.2) is 42.5 Å². The molecule has 116 valence electrons. The average Bonchev–Trinajstić information content (AvgIpc) is 2.95. The highest BCUT2D eigenvalue weighted by molar-refractivity contribution is 7.18. The predicted molar refractivity (Wildman–Crippen MR) is 88.6 cm³/mol. The highest BCUT2D eigenvalue weighted by Crippen LogP contribution is 2.23. The van der Waals surface area contributed by atoms with Crippen LogP contribution >= 0.6 is 11.3 Å². The number of nitrogens with zero attached hydrogens (tertiary/aromatic N) is 2. The van der Waals surface area contributed by atoms with E-state index in [2.05, 4.69) is 10.3 Å². The summed E-state index contributed by atoms with van der Waals surface area (Å²) in [4.78, 5) is 27.2. The van der Waals surface area contributed by atoms with Crippen LogP contribution in [-0.4, -0.2) is 15.8 Å². The standard InChI is InChI=1S/C16H13N3O3S/c1-10-11(5-4-7-13(10)19(21)22)16(20)17-9-15-18-12-6-2-3-8-14(12)23-15/h2-8H,9H2,1H3,(H,17,20). The SMILES string of the molecule is Cc1c(C(=O)NCc2nc3ccccc3s2)cccc1[N+](=O)[O-]. The van der Waals surface area contributed by atoms with Gasteiger partial charge in [-0.1, -0.05) is 18.2 Å². The third kappa shape index (κ3) is 3.04. The van der Waals surface area contributed by atoms with Crippen LogP contribution in [0.2, 0.25) is 0 Å². The van der Waals surface area contributed by atoms with Crippen LogP contribution in [0.25, 0.3) is 10.2 Å². The van der Waals surface area contributed by atoms with Crippen molar-refractivity contribution in [2.45, 2.75) is 13.5 Å². The van der Waals surface area contributed by atoms with Crippen LogP contribution in [0.4, 0.5) is 5.69 Å². The van der Waals surface area contributed by atoms with Gasteiger partial charge in [0.2, 0.25) is 0 Å². The Hall–Kier alpha value is -2.80. The van der Waals surface area contributed by atoms with Gasteiger partial charge in [0.1, 0.15) is 5.01 Å². The van der Waals surface area contributed by atoms with Gasteiger partial charge in [-0.15, -0.1) is 11.3 Å². The average molecular weight is 327 g/mol. The second kappa shape index (κ2) is 6.13. The summed E-state index contributed by atoms with van der Waals surface area (Å²) in [5.41, 5.74) is 1.51. The van der Waals surface area contributed by atoms with Gasteiger partial charge in [-0.3, -0.25) is 14.9 Å². The number of aromatic nitrogens is 1. The Morgan fingerprint density at radius 1 is 1.26 bits per heavy atom. The Morgan fingerprint density at radius 3 is 2.78 bits per heavy atom. The molecule has 0 atom stereocenters. The number of thiazole rings is 1. The molecule has 3 rings (SSSR count). The molecular weight excluding hydrogens is 314 g/mol. The lowest BCUT2D eigenvalue weighted by molar-refractivity contribution is -0.385. The van der Waals surface area contributed by atoms with E-state index < -0.39 is 4.92 Å². The van der Waals surface area contributed by atoms with Gasteiger partial charge in [0.15, 0.2) is 0 Å². The number of carbonyl (C=O) groups is 1. The third-order valence-corrected chi connectivity index (χ3v) is 4.52. The van der Waals surface area contributed by atoms with E-state index in [0.717, 1.165) is 15.2 Å². The summed E-state index contributed by atoms with van der Waals surface area (Å²) in [5.74, 6) is -0.342. The topological polar surface area (TPSA) is 85.1 Å². The van der Waals surface area contributed by atoms with E-state index in [1.54, 1.807) is 13.0 Å². The fraction of sp³-hybridized carbons (Fsp3) is 0.125. The lowest BCUT2D eigenvalue weighted by Gasteiger charge is -2.06. The number of nitro groups is 1. The number of rotatable bonds is 4. The van der Waals surface area contributed by atoms with Gasteiger partial charge in [-0.2, -0.15) is 0 Å². The molecule has 0 saturated carbocycles. The fourth-order valence-corrected chi connectivity index (χ4v) is 3.22. The minimum absolute atomic E-state index is 0.0577. The summed E-state index contributed by atoms with van der Waals surface area (Å²) in [5, 5.41) is 14.5. The zero-order valence-electron chi connectivity index (χ0n) is 12.3. The normalized spacial score (nSPS) is 10.7. The molecule has 2 aromatic carbocycles. The quantitative estimate of drug-likeness (QED) is 0.587. The Kier molecular flexibility index (Phi) is 4.03. The molecule has 0 aliphatic heterocycles. The molecule has 0 radical (unpaired) electrons. The highest BCUT2D eigenvalue weighted by atomic mass is 32.1. The number of para-hydroxylation sites is 1. The Morgan fingerprint density at radius 2 is 2.04 bits per heavy atom. The van der Waals surface area contributed by atoms with E-state index in [9.17, 15) is 14.9 Å². The van der Waals surface area contributed by atoms with Crippen LogP contribution in [0.3, 0.4) is 0 Å². The van der Waals surface area contributed by atoms with E-state index in [4.69, 9.17) is 0 Å². The molecule has 1 amide bonds. The van der Waals surface area contributed by atoms with E-state index >= 15 is 0 Å². The van der Waals surface area contributed by atoms with E-state index in [1.807, 2.05) is 24.3 Å². The van der Waals surface area contributed by atoms with Gasteiger partial charge in [0.25, 0.3) is 11.6 Å². The second-order valence-corrected chi connectivity index (χ2v) is 6.08. The van der Waals surface area contributed by atoms with Crippen molar-refractivity contribution in [3.05, 3.63) is 68.7 Å². The Balaban J connectivity index is 1.77. The summed E-state index contributed by atoms with van der Waals surface area (Å²) in [7, 11) is 0. The predicted octanol–water partition coefficient (Wildman–Crippen LogP) is 3.44. The Labute approximate surface area is 135 Å². The molecule has 0 aliphatic rings. The maximum Gasteiger partial charge on any atom is 0.273 e. The van der Waals surface area contributed by atoms with Crippen molar-refractivity contribution < 1.29 is 9.72 Å². The number of benzene rings is 2. The first-order valence-corrected chi connectivity index (χ1v) is 7.74. The third-order valence-electron chi connectivity index (χ3n) is 3.48. The van der Waals surface area contributed by atoms with Crippen molar-refractivity contribution in [1.82, 2.24) is 10.3 Å². The van der Waals surface area contributed by atoms with E-state index in [-0.39, 0.29) is 11.6 Å². The van der Waals surface area contributed by atoms with Crippen molar-refractivity contribution in [3.8, 4) is 0 Å². The maximum atomic E-state index is 12.3. The lowest BCUT2D eigenvalue weighted by Crippen LogP contribution is -2.23. The number of fused-ring (bicyclic) bond motifs is 1. The molecule has 7 heteroatoms. The molecule has 0 fully saturated rings. The highest BCUT2D eigenvalue weighted by Gasteiger charge is 2.18. The van der Waals surface area contributed by atoms with Gasteiger partial charge >= 0.3 is 0 Å². The van der Waals surface area contributed by atoms with Gasteiger partial charge in [0, 0.05) is 17.2 Å². The van der Waals surface area contributed by atoms with E-state index in [1.165, 1.54) is 23.5 Å². The largest absolute Gasteiger partial charge is 0.346 e. The first-order valence-electron chi connectivity index (χ1n) is 6.93. The molecule has 0 unspecified atom stereocenters. The van der Waals surface area contributed by atoms with Gasteiger partial charge in [0.05, 0.1) is 21.7 Å². The molecule has 0 aliphatic carbocycles. The number of nitro benzene ring substituents is 1. The second-order valence-electron chi connectivity index (χ2n) is 4.96. The summed E-state index contributed by atoms with van der Waals surface area (Å²) in [6.07, 6.45) is 0. The number of carbonyl (C=O) groups excluding carboxylic acids is 1. The summed E-state index contributed by atoms with van der Waals surface area (Å²) < 4.78 is 1.06. The summed E-state index contributed by atoms with van der Waals surface area (Å²) in [6.45, 7) is 1.87. The van der Waals surface area contributed by atoms with Crippen LogP contribution in [0, 0.1) is 17.0 Å². The molecule has 1 heterocycles. The van der Waals surface area contributed by atoms with Crippen molar-refractivity contribution in [3.63, 3.8) is 0 Å².